The van der Waals surface area contributed by atoms with Gasteiger partial charge < -0.3 is 9.53 Å². The molecule has 0 unspecified atom stereocenters. The average molecular weight is 211 g/mol. The van der Waals surface area contributed by atoms with Crippen LogP contribution in [0.15, 0.2) is 5.38 Å². The maximum absolute atomic E-state index is 10.3. The third kappa shape index (κ3) is 2.19. The van der Waals surface area contributed by atoms with Crippen LogP contribution < -0.4 is 0 Å². The number of nitrogens with zero attached hydrogens (tertiary/aromatic N) is 1. The molecule has 0 radical (unpaired) electrons. The highest BCUT2D eigenvalue weighted by atomic mass is 32.1. The number of aldehydes is 1. The Balaban J connectivity index is 2.03. The third-order valence-corrected chi connectivity index (χ3v) is 3.36. The molecular weight excluding hydrogens is 198 g/mol. The molecule has 0 aromatic carbocycles. The molecule has 14 heavy (non-hydrogen) atoms. The van der Waals surface area contributed by atoms with E-state index in [-0.39, 0.29) is 0 Å². The van der Waals surface area contributed by atoms with Crippen LogP contribution in [0.5, 0.6) is 0 Å². The Hall–Kier alpha value is -0.740. The Morgan fingerprint density at radius 2 is 2.36 bits per heavy atom. The number of hydrogen-bond donors (Lipinski definition) is 0. The fourth-order valence-corrected chi connectivity index (χ4v) is 2.50. The fraction of sp³-hybridized carbons (Fsp3) is 0.600. The minimum atomic E-state index is 0.452. The van der Waals surface area contributed by atoms with E-state index in [2.05, 4.69) is 10.4 Å². The highest BCUT2D eigenvalue weighted by Crippen LogP contribution is 2.27. The van der Waals surface area contributed by atoms with Gasteiger partial charge in [0.25, 0.3) is 0 Å². The van der Waals surface area contributed by atoms with Crippen molar-refractivity contribution >= 4 is 17.6 Å². The summed E-state index contributed by atoms with van der Waals surface area (Å²) in [7, 11) is 0. The van der Waals surface area contributed by atoms with Crippen LogP contribution in [0.25, 0.3) is 0 Å². The number of carbonyl (C=O) groups excluding carboxylic acids is 1. The van der Waals surface area contributed by atoms with Gasteiger partial charge in [-0.25, -0.2) is 4.98 Å². The van der Waals surface area contributed by atoms with Gasteiger partial charge >= 0.3 is 0 Å². The monoisotopic (exact) mass is 211 g/mol. The van der Waals surface area contributed by atoms with Crippen molar-refractivity contribution in [3.63, 3.8) is 0 Å². The SMILES string of the molecule is O=CCc1nc(C2CCOCC2)cs1. The van der Waals surface area contributed by atoms with Gasteiger partial charge in [0, 0.05) is 24.5 Å². The number of carbonyl (C=O) groups is 1. The van der Waals surface area contributed by atoms with Crippen LogP contribution in [-0.2, 0) is 16.0 Å². The molecule has 0 saturated carbocycles. The van der Waals surface area contributed by atoms with Gasteiger partial charge in [-0.15, -0.1) is 11.3 Å². The van der Waals surface area contributed by atoms with E-state index in [0.29, 0.717) is 12.3 Å². The molecule has 0 aliphatic carbocycles. The summed E-state index contributed by atoms with van der Waals surface area (Å²) in [4.78, 5) is 14.8. The maximum atomic E-state index is 10.3. The molecule has 1 fully saturated rings. The first-order chi connectivity index (χ1) is 6.90. The molecule has 2 heterocycles. The molecule has 3 nitrogen and oxygen atoms in total. The first-order valence-electron chi connectivity index (χ1n) is 4.86. The highest BCUT2D eigenvalue weighted by Gasteiger charge is 2.18. The smallest absolute Gasteiger partial charge is 0.126 e. The molecular formula is C10H13NO2S. The van der Waals surface area contributed by atoms with Gasteiger partial charge in [0.05, 0.1) is 17.1 Å². The molecule has 0 atom stereocenters. The van der Waals surface area contributed by atoms with Crippen LogP contribution >= 0.6 is 11.3 Å². The van der Waals surface area contributed by atoms with E-state index in [1.807, 2.05) is 0 Å². The largest absolute Gasteiger partial charge is 0.381 e. The summed E-state index contributed by atoms with van der Waals surface area (Å²) < 4.78 is 5.29. The molecule has 1 saturated heterocycles. The van der Waals surface area contributed by atoms with Crippen LogP contribution in [0.4, 0.5) is 0 Å². The van der Waals surface area contributed by atoms with Crippen molar-refractivity contribution in [2.24, 2.45) is 0 Å². The minimum absolute atomic E-state index is 0.452. The number of ether oxygens (including phenoxy) is 1. The lowest BCUT2D eigenvalue weighted by Crippen LogP contribution is -2.14. The number of thiazole rings is 1. The van der Waals surface area contributed by atoms with Gasteiger partial charge in [0.2, 0.25) is 0 Å². The van der Waals surface area contributed by atoms with Gasteiger partial charge in [-0.3, -0.25) is 0 Å². The van der Waals surface area contributed by atoms with Crippen molar-refractivity contribution in [2.75, 3.05) is 13.2 Å². The van der Waals surface area contributed by atoms with Gasteiger partial charge in [-0.2, -0.15) is 0 Å². The number of aromatic nitrogens is 1. The Labute approximate surface area is 87.1 Å². The summed E-state index contributed by atoms with van der Waals surface area (Å²) in [5.74, 6) is 0.542. The second-order valence-electron chi connectivity index (χ2n) is 3.42. The zero-order valence-corrected chi connectivity index (χ0v) is 8.76. The first-order valence-corrected chi connectivity index (χ1v) is 5.74. The molecule has 1 aliphatic rings. The summed E-state index contributed by atoms with van der Waals surface area (Å²) in [6.07, 6.45) is 3.48. The molecule has 0 amide bonds. The van der Waals surface area contributed by atoms with Crippen LogP contribution in [0.3, 0.4) is 0 Å². The van der Waals surface area contributed by atoms with Gasteiger partial charge in [0.1, 0.15) is 6.29 Å². The molecule has 0 N–H and O–H groups in total. The minimum Gasteiger partial charge on any atom is -0.381 e. The molecule has 4 heteroatoms. The maximum Gasteiger partial charge on any atom is 0.126 e. The fourth-order valence-electron chi connectivity index (χ4n) is 1.67. The van der Waals surface area contributed by atoms with Gasteiger partial charge in [-0.05, 0) is 12.8 Å². The van der Waals surface area contributed by atoms with Crippen LogP contribution in [0, 0.1) is 0 Å². The molecule has 2 rings (SSSR count). The summed E-state index contributed by atoms with van der Waals surface area (Å²) >= 11 is 1.58. The number of hydrogen-bond acceptors (Lipinski definition) is 4. The summed E-state index contributed by atoms with van der Waals surface area (Å²) in [5, 5.41) is 3.01. The van der Waals surface area contributed by atoms with E-state index in [1.165, 1.54) is 0 Å². The Morgan fingerprint density at radius 1 is 1.57 bits per heavy atom. The Bertz CT molecular complexity index is 305. The van der Waals surface area contributed by atoms with Gasteiger partial charge in [-0.1, -0.05) is 0 Å². The van der Waals surface area contributed by atoms with Crippen molar-refractivity contribution in [1.29, 1.82) is 0 Å². The lowest BCUT2D eigenvalue weighted by molar-refractivity contribution is -0.107. The predicted octanol–water partition coefficient (Wildman–Crippen LogP) is 1.78. The predicted molar refractivity (Wildman–Crippen MR) is 54.7 cm³/mol. The van der Waals surface area contributed by atoms with E-state index >= 15 is 0 Å². The second kappa shape index (κ2) is 4.66. The zero-order valence-electron chi connectivity index (χ0n) is 7.94. The third-order valence-electron chi connectivity index (χ3n) is 2.47. The topological polar surface area (TPSA) is 39.2 Å². The lowest BCUT2D eigenvalue weighted by Gasteiger charge is -2.19. The average Bonchev–Trinajstić information content (AvgIpc) is 2.68. The quantitative estimate of drug-likeness (QED) is 0.715. The lowest BCUT2D eigenvalue weighted by atomic mass is 9.98. The van der Waals surface area contributed by atoms with Crippen molar-refractivity contribution in [3.8, 4) is 0 Å². The van der Waals surface area contributed by atoms with Crippen molar-refractivity contribution < 1.29 is 9.53 Å². The molecule has 1 aromatic heterocycles. The van der Waals surface area contributed by atoms with Crippen LogP contribution in [0.1, 0.15) is 29.5 Å². The second-order valence-corrected chi connectivity index (χ2v) is 4.37. The Morgan fingerprint density at radius 3 is 3.07 bits per heavy atom. The summed E-state index contributed by atoms with van der Waals surface area (Å²) in [6.45, 7) is 1.68. The van der Waals surface area contributed by atoms with Gasteiger partial charge in [0.15, 0.2) is 0 Å². The molecule has 1 aromatic rings. The summed E-state index contributed by atoms with van der Waals surface area (Å²) in [5.41, 5.74) is 1.15. The normalized spacial score (nSPS) is 18.3. The molecule has 76 valence electrons. The van der Waals surface area contributed by atoms with Crippen LogP contribution in [0.2, 0.25) is 0 Å². The van der Waals surface area contributed by atoms with Crippen molar-refractivity contribution in [3.05, 3.63) is 16.1 Å². The molecule has 0 spiro atoms. The zero-order chi connectivity index (χ0) is 9.80. The van der Waals surface area contributed by atoms with E-state index in [0.717, 1.165) is 43.0 Å². The van der Waals surface area contributed by atoms with Crippen molar-refractivity contribution in [2.45, 2.75) is 25.2 Å². The number of rotatable bonds is 3. The standard InChI is InChI=1S/C10H13NO2S/c12-4-1-10-11-9(7-14-10)8-2-5-13-6-3-8/h4,7-8H,1-3,5-6H2. The highest BCUT2D eigenvalue weighted by molar-refractivity contribution is 7.09. The molecule has 1 aliphatic heterocycles. The Kier molecular flexibility index (Phi) is 3.26. The van der Waals surface area contributed by atoms with E-state index < -0.39 is 0 Å². The molecule has 0 bridgehead atoms. The van der Waals surface area contributed by atoms with Crippen molar-refractivity contribution in [1.82, 2.24) is 4.98 Å². The summed E-state index contributed by atoms with van der Waals surface area (Å²) in [6, 6.07) is 0. The van der Waals surface area contributed by atoms with E-state index in [4.69, 9.17) is 4.74 Å². The van der Waals surface area contributed by atoms with E-state index in [9.17, 15) is 4.79 Å². The first kappa shape index (κ1) is 9.80. The van der Waals surface area contributed by atoms with Crippen LogP contribution in [-0.4, -0.2) is 24.5 Å². The van der Waals surface area contributed by atoms with E-state index in [1.54, 1.807) is 11.3 Å².